The Morgan fingerprint density at radius 2 is 2.00 bits per heavy atom. The van der Waals surface area contributed by atoms with Gasteiger partial charge in [0.1, 0.15) is 0 Å². The molecule has 2 N–H and O–H groups in total. The van der Waals surface area contributed by atoms with Gasteiger partial charge in [-0.2, -0.15) is 0 Å². The van der Waals surface area contributed by atoms with Crippen molar-refractivity contribution >= 4 is 5.69 Å². The molecule has 15 heavy (non-hydrogen) atoms. The van der Waals surface area contributed by atoms with Gasteiger partial charge in [-0.15, -0.1) is 0 Å². The molecule has 0 spiro atoms. The maximum absolute atomic E-state index is 12.2. The maximum Gasteiger partial charge on any atom is 0.255 e. The molecule has 0 aromatic heterocycles. The summed E-state index contributed by atoms with van der Waals surface area (Å²) in [6, 6.07) is 7.50. The number of halogens is 2. The SMILES string of the molecule is CN(CC(F)F)c1ccccc1CCN. The van der Waals surface area contributed by atoms with Crippen molar-refractivity contribution < 1.29 is 8.78 Å². The molecule has 0 aliphatic rings. The third-order valence-electron chi connectivity index (χ3n) is 2.23. The Bertz CT molecular complexity index is 302. The van der Waals surface area contributed by atoms with E-state index in [1.807, 2.05) is 24.3 Å². The van der Waals surface area contributed by atoms with Gasteiger partial charge in [0.2, 0.25) is 0 Å². The summed E-state index contributed by atoms with van der Waals surface area (Å²) in [7, 11) is 1.67. The predicted molar refractivity (Wildman–Crippen MR) is 58.5 cm³/mol. The van der Waals surface area contributed by atoms with Crippen LogP contribution in [-0.2, 0) is 6.42 Å². The Kier molecular flexibility index (Phi) is 4.49. The number of para-hydroxylation sites is 1. The van der Waals surface area contributed by atoms with Gasteiger partial charge in [0.25, 0.3) is 6.43 Å². The average molecular weight is 214 g/mol. The first kappa shape index (κ1) is 11.9. The van der Waals surface area contributed by atoms with E-state index in [0.717, 1.165) is 11.3 Å². The van der Waals surface area contributed by atoms with Crippen molar-refractivity contribution in [3.63, 3.8) is 0 Å². The molecule has 0 saturated heterocycles. The van der Waals surface area contributed by atoms with Crippen molar-refractivity contribution in [3.8, 4) is 0 Å². The number of nitrogens with zero attached hydrogens (tertiary/aromatic N) is 1. The van der Waals surface area contributed by atoms with Crippen LogP contribution in [0, 0.1) is 0 Å². The first-order chi connectivity index (χ1) is 7.15. The van der Waals surface area contributed by atoms with Crippen LogP contribution in [0.1, 0.15) is 5.56 Å². The van der Waals surface area contributed by atoms with Gasteiger partial charge in [-0.3, -0.25) is 0 Å². The van der Waals surface area contributed by atoms with E-state index >= 15 is 0 Å². The number of rotatable bonds is 5. The molecule has 0 heterocycles. The topological polar surface area (TPSA) is 29.3 Å². The van der Waals surface area contributed by atoms with Gasteiger partial charge in [-0.1, -0.05) is 18.2 Å². The predicted octanol–water partition coefficient (Wildman–Crippen LogP) is 1.89. The summed E-state index contributed by atoms with van der Waals surface area (Å²) in [4.78, 5) is 1.57. The van der Waals surface area contributed by atoms with Gasteiger partial charge < -0.3 is 10.6 Å². The quantitative estimate of drug-likeness (QED) is 0.811. The van der Waals surface area contributed by atoms with Gasteiger partial charge >= 0.3 is 0 Å². The van der Waals surface area contributed by atoms with Gasteiger partial charge in [0.05, 0.1) is 6.54 Å². The zero-order valence-corrected chi connectivity index (χ0v) is 8.79. The summed E-state index contributed by atoms with van der Waals surface area (Å²) in [5, 5.41) is 0. The molecule has 0 atom stereocenters. The van der Waals surface area contributed by atoms with Gasteiger partial charge in [0, 0.05) is 12.7 Å². The van der Waals surface area contributed by atoms with Crippen molar-refractivity contribution in [1.29, 1.82) is 0 Å². The highest BCUT2D eigenvalue weighted by Crippen LogP contribution is 2.19. The van der Waals surface area contributed by atoms with Crippen LogP contribution in [-0.4, -0.2) is 26.6 Å². The molecular formula is C11H16F2N2. The molecule has 84 valence electrons. The summed E-state index contributed by atoms with van der Waals surface area (Å²) in [6.07, 6.45) is -1.61. The zero-order valence-electron chi connectivity index (χ0n) is 8.79. The molecule has 0 amide bonds. The molecule has 0 unspecified atom stereocenters. The number of benzene rings is 1. The molecule has 0 radical (unpaired) electrons. The van der Waals surface area contributed by atoms with E-state index in [2.05, 4.69) is 0 Å². The monoisotopic (exact) mass is 214 g/mol. The van der Waals surface area contributed by atoms with E-state index in [1.165, 1.54) is 0 Å². The molecular weight excluding hydrogens is 198 g/mol. The number of hydrogen-bond donors (Lipinski definition) is 1. The Morgan fingerprint density at radius 3 is 2.60 bits per heavy atom. The summed E-state index contributed by atoms with van der Waals surface area (Å²) >= 11 is 0. The summed E-state index contributed by atoms with van der Waals surface area (Å²) in [5.41, 5.74) is 7.32. The lowest BCUT2D eigenvalue weighted by Gasteiger charge is -2.21. The second-order valence-corrected chi connectivity index (χ2v) is 3.44. The van der Waals surface area contributed by atoms with Crippen LogP contribution in [0.4, 0.5) is 14.5 Å². The molecule has 0 aliphatic carbocycles. The van der Waals surface area contributed by atoms with Crippen LogP contribution >= 0.6 is 0 Å². The maximum atomic E-state index is 12.2. The van der Waals surface area contributed by atoms with Crippen molar-refractivity contribution in [2.45, 2.75) is 12.8 Å². The molecule has 2 nitrogen and oxygen atoms in total. The summed E-state index contributed by atoms with van der Waals surface area (Å²) in [6.45, 7) is 0.279. The summed E-state index contributed by atoms with van der Waals surface area (Å²) in [5.74, 6) is 0. The Hall–Kier alpha value is -1.16. The highest BCUT2D eigenvalue weighted by atomic mass is 19.3. The third-order valence-corrected chi connectivity index (χ3v) is 2.23. The average Bonchev–Trinajstić information content (AvgIpc) is 2.18. The Labute approximate surface area is 88.7 Å². The van der Waals surface area contributed by atoms with Gasteiger partial charge in [0.15, 0.2) is 0 Å². The van der Waals surface area contributed by atoms with Crippen LogP contribution in [0.15, 0.2) is 24.3 Å². The third kappa shape index (κ3) is 3.47. The van der Waals surface area contributed by atoms with E-state index in [0.29, 0.717) is 13.0 Å². The van der Waals surface area contributed by atoms with Crippen LogP contribution in [0.3, 0.4) is 0 Å². The normalized spacial score (nSPS) is 10.7. The van der Waals surface area contributed by atoms with E-state index < -0.39 is 6.43 Å². The smallest absolute Gasteiger partial charge is 0.255 e. The van der Waals surface area contributed by atoms with Crippen molar-refractivity contribution in [3.05, 3.63) is 29.8 Å². The van der Waals surface area contributed by atoms with Crippen molar-refractivity contribution in [2.75, 3.05) is 25.0 Å². The number of anilines is 1. The molecule has 0 aliphatic heterocycles. The molecule has 0 fully saturated rings. The van der Waals surface area contributed by atoms with Crippen LogP contribution in [0.2, 0.25) is 0 Å². The van der Waals surface area contributed by atoms with Crippen LogP contribution < -0.4 is 10.6 Å². The molecule has 1 rings (SSSR count). The standard InChI is InChI=1S/C11H16F2N2/c1-15(8-11(12)13)10-5-3-2-4-9(10)6-7-14/h2-5,11H,6-8,14H2,1H3. The molecule has 1 aromatic carbocycles. The minimum atomic E-state index is -2.32. The fourth-order valence-electron chi connectivity index (χ4n) is 1.56. The van der Waals surface area contributed by atoms with Crippen LogP contribution in [0.5, 0.6) is 0 Å². The number of nitrogens with two attached hydrogens (primary N) is 1. The van der Waals surface area contributed by atoms with Gasteiger partial charge in [-0.25, -0.2) is 8.78 Å². The lowest BCUT2D eigenvalue weighted by molar-refractivity contribution is 0.156. The highest BCUT2D eigenvalue weighted by Gasteiger charge is 2.11. The highest BCUT2D eigenvalue weighted by molar-refractivity contribution is 5.53. The fraction of sp³-hybridized carbons (Fsp3) is 0.455. The van der Waals surface area contributed by atoms with E-state index in [-0.39, 0.29) is 6.54 Å². The second kappa shape index (κ2) is 5.66. The zero-order chi connectivity index (χ0) is 11.3. The number of hydrogen-bond acceptors (Lipinski definition) is 2. The van der Waals surface area contributed by atoms with E-state index in [9.17, 15) is 8.78 Å². The molecule has 1 aromatic rings. The Morgan fingerprint density at radius 1 is 1.33 bits per heavy atom. The largest absolute Gasteiger partial charge is 0.369 e. The molecule has 0 bridgehead atoms. The van der Waals surface area contributed by atoms with Crippen molar-refractivity contribution in [1.82, 2.24) is 0 Å². The molecule has 0 saturated carbocycles. The Balaban J connectivity index is 2.81. The van der Waals surface area contributed by atoms with Gasteiger partial charge in [-0.05, 0) is 24.6 Å². The van der Waals surface area contributed by atoms with E-state index in [1.54, 1.807) is 11.9 Å². The minimum absolute atomic E-state index is 0.248. The minimum Gasteiger partial charge on any atom is -0.369 e. The summed E-state index contributed by atoms with van der Waals surface area (Å²) < 4.78 is 24.4. The number of alkyl halides is 2. The first-order valence-electron chi connectivity index (χ1n) is 4.92. The second-order valence-electron chi connectivity index (χ2n) is 3.44. The van der Waals surface area contributed by atoms with Crippen LogP contribution in [0.25, 0.3) is 0 Å². The first-order valence-corrected chi connectivity index (χ1v) is 4.92. The van der Waals surface area contributed by atoms with E-state index in [4.69, 9.17) is 5.73 Å². The van der Waals surface area contributed by atoms with Crippen molar-refractivity contribution in [2.24, 2.45) is 5.73 Å². The lowest BCUT2D eigenvalue weighted by atomic mass is 10.1. The fourth-order valence-corrected chi connectivity index (χ4v) is 1.56. The molecule has 4 heteroatoms. The lowest BCUT2D eigenvalue weighted by Crippen LogP contribution is -2.25.